The first-order valence-electron chi connectivity index (χ1n) is 7.07. The fourth-order valence-corrected chi connectivity index (χ4v) is 2.36. The van der Waals surface area contributed by atoms with Crippen molar-refractivity contribution >= 4 is 5.69 Å². The molecule has 1 unspecified atom stereocenters. The van der Waals surface area contributed by atoms with Gasteiger partial charge in [-0.15, -0.1) is 0 Å². The van der Waals surface area contributed by atoms with Crippen LogP contribution in [-0.4, -0.2) is 18.6 Å². The van der Waals surface area contributed by atoms with Crippen LogP contribution < -0.4 is 10.6 Å². The first-order valence-corrected chi connectivity index (χ1v) is 7.07. The Hall–Kier alpha value is -1.02. The Morgan fingerprint density at radius 2 is 1.89 bits per heavy atom. The SMILES string of the molecule is CCCN(c1ccc(CC(C)N)c(C)c1)C(C)C. The van der Waals surface area contributed by atoms with Crippen molar-refractivity contribution in [3.05, 3.63) is 29.3 Å². The van der Waals surface area contributed by atoms with E-state index < -0.39 is 0 Å². The van der Waals surface area contributed by atoms with E-state index in [1.807, 2.05) is 0 Å². The van der Waals surface area contributed by atoms with Crippen LogP contribution in [0.15, 0.2) is 18.2 Å². The molecule has 0 saturated heterocycles. The maximum atomic E-state index is 5.88. The Kier molecular flexibility index (Phi) is 5.67. The molecule has 0 aliphatic rings. The number of hydrogen-bond donors (Lipinski definition) is 1. The molecule has 1 rings (SSSR count). The van der Waals surface area contributed by atoms with Crippen molar-refractivity contribution in [1.29, 1.82) is 0 Å². The average Bonchev–Trinajstić information content (AvgIpc) is 2.28. The van der Waals surface area contributed by atoms with Crippen LogP contribution in [0.3, 0.4) is 0 Å². The van der Waals surface area contributed by atoms with Gasteiger partial charge in [0, 0.05) is 24.3 Å². The molecule has 1 atom stereocenters. The van der Waals surface area contributed by atoms with Gasteiger partial charge in [-0.3, -0.25) is 0 Å². The minimum absolute atomic E-state index is 0.228. The molecule has 0 radical (unpaired) electrons. The van der Waals surface area contributed by atoms with E-state index in [2.05, 4.69) is 57.7 Å². The second kappa shape index (κ2) is 6.79. The fourth-order valence-electron chi connectivity index (χ4n) is 2.36. The highest BCUT2D eigenvalue weighted by Crippen LogP contribution is 2.22. The highest BCUT2D eigenvalue weighted by atomic mass is 15.1. The van der Waals surface area contributed by atoms with E-state index in [4.69, 9.17) is 5.73 Å². The normalized spacial score (nSPS) is 12.8. The topological polar surface area (TPSA) is 29.3 Å². The van der Waals surface area contributed by atoms with E-state index in [-0.39, 0.29) is 6.04 Å². The number of benzene rings is 1. The van der Waals surface area contributed by atoms with Crippen LogP contribution in [-0.2, 0) is 6.42 Å². The van der Waals surface area contributed by atoms with Gasteiger partial charge in [-0.05, 0) is 63.8 Å². The predicted molar refractivity (Wildman–Crippen MR) is 81.3 cm³/mol. The molecule has 0 heterocycles. The molecule has 2 nitrogen and oxygen atoms in total. The summed E-state index contributed by atoms with van der Waals surface area (Å²) in [5.41, 5.74) is 9.93. The lowest BCUT2D eigenvalue weighted by atomic mass is 10.0. The monoisotopic (exact) mass is 248 g/mol. The van der Waals surface area contributed by atoms with Gasteiger partial charge in [0.2, 0.25) is 0 Å². The lowest BCUT2D eigenvalue weighted by Gasteiger charge is -2.29. The van der Waals surface area contributed by atoms with E-state index in [1.165, 1.54) is 23.2 Å². The Balaban J connectivity index is 2.94. The molecule has 0 aliphatic heterocycles. The van der Waals surface area contributed by atoms with Crippen LogP contribution in [0.5, 0.6) is 0 Å². The third-order valence-electron chi connectivity index (χ3n) is 3.29. The molecule has 0 aromatic heterocycles. The predicted octanol–water partition coefficient (Wildman–Crippen LogP) is 3.51. The first kappa shape index (κ1) is 15.0. The van der Waals surface area contributed by atoms with E-state index in [0.29, 0.717) is 6.04 Å². The number of rotatable bonds is 6. The maximum absolute atomic E-state index is 5.88. The molecule has 0 aliphatic carbocycles. The molecule has 1 aromatic rings. The van der Waals surface area contributed by atoms with Gasteiger partial charge in [-0.2, -0.15) is 0 Å². The van der Waals surface area contributed by atoms with Gasteiger partial charge >= 0.3 is 0 Å². The largest absolute Gasteiger partial charge is 0.369 e. The molecule has 18 heavy (non-hydrogen) atoms. The van der Waals surface area contributed by atoms with Gasteiger partial charge < -0.3 is 10.6 Å². The Morgan fingerprint density at radius 1 is 1.22 bits per heavy atom. The Bertz CT molecular complexity index is 369. The Morgan fingerprint density at radius 3 is 2.33 bits per heavy atom. The number of anilines is 1. The highest BCUT2D eigenvalue weighted by molar-refractivity contribution is 5.51. The molecule has 0 spiro atoms. The van der Waals surface area contributed by atoms with E-state index in [1.54, 1.807) is 0 Å². The summed E-state index contributed by atoms with van der Waals surface area (Å²) < 4.78 is 0. The molecule has 102 valence electrons. The summed E-state index contributed by atoms with van der Waals surface area (Å²) in [5.74, 6) is 0. The summed E-state index contributed by atoms with van der Waals surface area (Å²) in [5, 5.41) is 0. The molecule has 0 amide bonds. The minimum atomic E-state index is 0.228. The fraction of sp³-hybridized carbons (Fsp3) is 0.625. The lowest BCUT2D eigenvalue weighted by Crippen LogP contribution is -2.31. The molecule has 0 bridgehead atoms. The summed E-state index contributed by atoms with van der Waals surface area (Å²) in [7, 11) is 0. The molecular weight excluding hydrogens is 220 g/mol. The minimum Gasteiger partial charge on any atom is -0.369 e. The average molecular weight is 248 g/mol. The smallest absolute Gasteiger partial charge is 0.0371 e. The van der Waals surface area contributed by atoms with Gasteiger partial charge in [-0.1, -0.05) is 13.0 Å². The zero-order chi connectivity index (χ0) is 13.7. The van der Waals surface area contributed by atoms with Gasteiger partial charge in [-0.25, -0.2) is 0 Å². The number of hydrogen-bond acceptors (Lipinski definition) is 2. The number of nitrogens with two attached hydrogens (primary N) is 1. The summed E-state index contributed by atoms with van der Waals surface area (Å²) in [4.78, 5) is 2.46. The van der Waals surface area contributed by atoms with E-state index in [9.17, 15) is 0 Å². The van der Waals surface area contributed by atoms with Crippen molar-refractivity contribution in [2.24, 2.45) is 5.73 Å². The molecule has 1 aromatic carbocycles. The van der Waals surface area contributed by atoms with Crippen molar-refractivity contribution in [2.75, 3.05) is 11.4 Å². The lowest BCUT2D eigenvalue weighted by molar-refractivity contribution is 0.670. The van der Waals surface area contributed by atoms with Crippen LogP contribution in [0.25, 0.3) is 0 Å². The van der Waals surface area contributed by atoms with Crippen molar-refractivity contribution < 1.29 is 0 Å². The van der Waals surface area contributed by atoms with Crippen LogP contribution >= 0.6 is 0 Å². The molecule has 2 N–H and O–H groups in total. The standard InChI is InChI=1S/C16H28N2/c1-6-9-18(12(2)3)16-8-7-15(11-14(5)17)13(4)10-16/h7-8,10,12,14H,6,9,11,17H2,1-5H3. The Labute approximate surface area is 112 Å². The molecule has 0 fully saturated rings. The van der Waals surface area contributed by atoms with Crippen LogP contribution in [0, 0.1) is 6.92 Å². The molecule has 2 heteroatoms. The third-order valence-corrected chi connectivity index (χ3v) is 3.29. The number of aryl methyl sites for hydroxylation is 1. The zero-order valence-corrected chi connectivity index (χ0v) is 12.5. The quantitative estimate of drug-likeness (QED) is 0.834. The van der Waals surface area contributed by atoms with Crippen molar-refractivity contribution in [3.63, 3.8) is 0 Å². The summed E-state index contributed by atoms with van der Waals surface area (Å²) >= 11 is 0. The van der Waals surface area contributed by atoms with Crippen molar-refractivity contribution in [1.82, 2.24) is 0 Å². The maximum Gasteiger partial charge on any atom is 0.0371 e. The summed E-state index contributed by atoms with van der Waals surface area (Å²) in [6.45, 7) is 12.1. The molecular formula is C16H28N2. The first-order chi connectivity index (χ1) is 8.45. The van der Waals surface area contributed by atoms with Crippen LogP contribution in [0.1, 0.15) is 45.2 Å². The summed E-state index contributed by atoms with van der Waals surface area (Å²) in [6.07, 6.45) is 2.14. The van der Waals surface area contributed by atoms with Crippen molar-refractivity contribution in [2.45, 2.75) is 59.5 Å². The van der Waals surface area contributed by atoms with Gasteiger partial charge in [0.25, 0.3) is 0 Å². The highest BCUT2D eigenvalue weighted by Gasteiger charge is 2.11. The van der Waals surface area contributed by atoms with E-state index in [0.717, 1.165) is 13.0 Å². The number of nitrogens with zero attached hydrogens (tertiary/aromatic N) is 1. The van der Waals surface area contributed by atoms with Gasteiger partial charge in [0.05, 0.1) is 0 Å². The van der Waals surface area contributed by atoms with Crippen LogP contribution in [0.2, 0.25) is 0 Å². The van der Waals surface area contributed by atoms with Crippen molar-refractivity contribution in [3.8, 4) is 0 Å². The van der Waals surface area contributed by atoms with Crippen LogP contribution in [0.4, 0.5) is 5.69 Å². The molecule has 0 saturated carbocycles. The van der Waals surface area contributed by atoms with E-state index >= 15 is 0 Å². The zero-order valence-electron chi connectivity index (χ0n) is 12.5. The third kappa shape index (κ3) is 4.02. The second-order valence-corrected chi connectivity index (χ2v) is 5.58. The summed E-state index contributed by atoms with van der Waals surface area (Å²) in [6, 6.07) is 7.54. The van der Waals surface area contributed by atoms with Gasteiger partial charge in [0.1, 0.15) is 0 Å². The van der Waals surface area contributed by atoms with Gasteiger partial charge in [0.15, 0.2) is 0 Å². The second-order valence-electron chi connectivity index (χ2n) is 5.58.